The normalized spacial score (nSPS) is 10.1. The average molecular weight is 415 g/mol. The van der Waals surface area contributed by atoms with Crippen LogP contribution in [0.5, 0.6) is 0 Å². The van der Waals surface area contributed by atoms with Crippen LogP contribution in [0.4, 0.5) is 0 Å². The quantitative estimate of drug-likeness (QED) is 0.644. The van der Waals surface area contributed by atoms with Gasteiger partial charge in [-0.3, -0.25) is 4.68 Å². The first-order valence-corrected chi connectivity index (χ1v) is 5.38. The number of hydrogen-bond acceptors (Lipinski definition) is 2. The van der Waals surface area contributed by atoms with Crippen molar-refractivity contribution < 1.29 is 20.1 Å². The molecule has 2 heterocycles. The maximum atomic E-state index is 4.35. The largest absolute Gasteiger partial charge is 0.442 e. The zero-order valence-corrected chi connectivity index (χ0v) is 12.1. The van der Waals surface area contributed by atoms with E-state index >= 15 is 0 Å². The van der Waals surface area contributed by atoms with E-state index in [0.717, 1.165) is 22.6 Å². The van der Waals surface area contributed by atoms with Crippen molar-refractivity contribution in [1.29, 1.82) is 0 Å². The summed E-state index contributed by atoms with van der Waals surface area (Å²) in [6.07, 6.45) is 3.48. The summed E-state index contributed by atoms with van der Waals surface area (Å²) in [5.41, 5.74) is 3.62. The van der Waals surface area contributed by atoms with Gasteiger partial charge in [0.15, 0.2) is 0 Å². The van der Waals surface area contributed by atoms with E-state index in [1.807, 2.05) is 49.6 Å². The number of aryl methyl sites for hydroxylation is 1. The predicted octanol–water partition coefficient (Wildman–Crippen LogP) is 2.10. The molecule has 0 N–H and O–H groups in total. The van der Waals surface area contributed by atoms with Crippen molar-refractivity contribution in [2.75, 3.05) is 0 Å². The van der Waals surface area contributed by atoms with Gasteiger partial charge in [0.1, 0.15) is 0 Å². The molecule has 0 saturated heterocycles. The molecule has 0 unspecified atom stereocenters. The fourth-order valence-corrected chi connectivity index (χ4v) is 1.80. The van der Waals surface area contributed by atoms with E-state index in [4.69, 9.17) is 0 Å². The molecule has 18 heavy (non-hydrogen) atoms. The standard InChI is InChI=1S/C13H11N4.Ir/c1-17-8-7-11(16-17)13-12(14-9-15-13)10-5-3-2-4-6-10;/h2-9H,1H3;/q-1;. The molecule has 2 aromatic heterocycles. The second-order valence-electron chi connectivity index (χ2n) is 3.81. The van der Waals surface area contributed by atoms with Gasteiger partial charge in [0.05, 0.1) is 5.69 Å². The zero-order chi connectivity index (χ0) is 11.7. The molecule has 0 amide bonds. The minimum Gasteiger partial charge on any atom is -0.442 e. The van der Waals surface area contributed by atoms with Crippen LogP contribution in [0.25, 0.3) is 22.6 Å². The van der Waals surface area contributed by atoms with Crippen molar-refractivity contribution in [1.82, 2.24) is 19.7 Å². The number of hydrogen-bond donors (Lipinski definition) is 0. The van der Waals surface area contributed by atoms with Crippen LogP contribution in [-0.4, -0.2) is 14.8 Å². The molecule has 1 aromatic carbocycles. The van der Waals surface area contributed by atoms with Gasteiger partial charge in [-0.05, 0) is 23.0 Å². The summed E-state index contributed by atoms with van der Waals surface area (Å²) in [6, 6.07) is 12.0. The second-order valence-corrected chi connectivity index (χ2v) is 3.81. The number of imidazole rings is 1. The fraction of sp³-hybridized carbons (Fsp3) is 0.0769. The Labute approximate surface area is 118 Å². The molecule has 0 aliphatic rings. The van der Waals surface area contributed by atoms with Gasteiger partial charge in [-0.1, -0.05) is 36.7 Å². The van der Waals surface area contributed by atoms with Gasteiger partial charge in [-0.25, -0.2) is 0 Å². The molecule has 4 nitrogen and oxygen atoms in total. The fourth-order valence-electron chi connectivity index (χ4n) is 1.80. The Balaban J connectivity index is 0.00000120. The summed E-state index contributed by atoms with van der Waals surface area (Å²) in [4.78, 5) is 8.60. The number of benzene rings is 1. The number of nitrogens with zero attached hydrogens (tertiary/aromatic N) is 4. The minimum atomic E-state index is 0. The monoisotopic (exact) mass is 416 g/mol. The van der Waals surface area contributed by atoms with Gasteiger partial charge in [-0.2, -0.15) is 5.10 Å². The van der Waals surface area contributed by atoms with Crippen LogP contribution < -0.4 is 4.98 Å². The zero-order valence-electron chi connectivity index (χ0n) is 9.74. The Hall–Kier alpha value is -1.71. The second kappa shape index (κ2) is 5.29. The van der Waals surface area contributed by atoms with Crippen LogP contribution in [0, 0.1) is 0 Å². The molecule has 0 atom stereocenters. The summed E-state index contributed by atoms with van der Waals surface area (Å²) < 4.78 is 1.76. The van der Waals surface area contributed by atoms with Crippen LogP contribution >= 0.6 is 0 Å². The van der Waals surface area contributed by atoms with Gasteiger partial charge in [0.2, 0.25) is 0 Å². The van der Waals surface area contributed by atoms with Crippen molar-refractivity contribution in [3.05, 3.63) is 48.9 Å². The summed E-state index contributed by atoms with van der Waals surface area (Å²) >= 11 is 0. The van der Waals surface area contributed by atoms with Crippen molar-refractivity contribution >= 4 is 0 Å². The van der Waals surface area contributed by atoms with E-state index in [-0.39, 0.29) is 20.1 Å². The van der Waals surface area contributed by atoms with Crippen LogP contribution in [0.1, 0.15) is 0 Å². The van der Waals surface area contributed by atoms with Gasteiger partial charge >= 0.3 is 0 Å². The Morgan fingerprint density at radius 3 is 2.56 bits per heavy atom. The Morgan fingerprint density at radius 2 is 1.89 bits per heavy atom. The molecule has 5 heteroatoms. The molecule has 0 fully saturated rings. The molecule has 0 bridgehead atoms. The third-order valence-electron chi connectivity index (χ3n) is 2.60. The Morgan fingerprint density at radius 1 is 1.11 bits per heavy atom. The van der Waals surface area contributed by atoms with Crippen LogP contribution in [0.15, 0.2) is 48.9 Å². The molecule has 3 aromatic rings. The van der Waals surface area contributed by atoms with Crippen molar-refractivity contribution in [2.45, 2.75) is 0 Å². The van der Waals surface area contributed by atoms with Crippen LogP contribution in [0.2, 0.25) is 0 Å². The first-order chi connectivity index (χ1) is 8.34. The maximum absolute atomic E-state index is 4.35. The molecule has 93 valence electrons. The van der Waals surface area contributed by atoms with Gasteiger partial charge in [-0.15, -0.1) is 0 Å². The molecule has 0 saturated carbocycles. The molecule has 0 aliphatic heterocycles. The van der Waals surface area contributed by atoms with Crippen molar-refractivity contribution in [3.63, 3.8) is 0 Å². The van der Waals surface area contributed by atoms with Crippen LogP contribution in [0.3, 0.4) is 0 Å². The van der Waals surface area contributed by atoms with E-state index in [2.05, 4.69) is 15.1 Å². The Bertz CT molecular complexity index is 627. The van der Waals surface area contributed by atoms with E-state index in [1.165, 1.54) is 0 Å². The minimum absolute atomic E-state index is 0. The SMILES string of the molecule is Cn1ccc(-c2[n-]cnc2-c2ccccc2)n1.[Ir]. The van der Waals surface area contributed by atoms with E-state index in [9.17, 15) is 0 Å². The Kier molecular flexibility index (Phi) is 3.74. The van der Waals surface area contributed by atoms with E-state index in [0.29, 0.717) is 0 Å². The maximum Gasteiger partial charge on any atom is 0.0885 e. The van der Waals surface area contributed by atoms with Crippen molar-refractivity contribution in [2.24, 2.45) is 7.05 Å². The van der Waals surface area contributed by atoms with Gasteiger partial charge < -0.3 is 9.97 Å². The molecule has 0 spiro atoms. The molecule has 1 radical (unpaired) electrons. The summed E-state index contributed by atoms with van der Waals surface area (Å²) in [6.45, 7) is 0. The van der Waals surface area contributed by atoms with E-state index < -0.39 is 0 Å². The summed E-state index contributed by atoms with van der Waals surface area (Å²) in [5.74, 6) is 0. The average Bonchev–Trinajstić information content (AvgIpc) is 2.98. The molecular weight excluding hydrogens is 404 g/mol. The third-order valence-corrected chi connectivity index (χ3v) is 2.60. The van der Waals surface area contributed by atoms with E-state index in [1.54, 1.807) is 11.0 Å². The molecule has 0 aliphatic carbocycles. The topological polar surface area (TPSA) is 44.8 Å². The number of rotatable bonds is 2. The van der Waals surface area contributed by atoms with Gasteiger partial charge in [0.25, 0.3) is 0 Å². The third kappa shape index (κ3) is 2.28. The van der Waals surface area contributed by atoms with Gasteiger partial charge in [0, 0.05) is 33.3 Å². The molecular formula is C13H11IrN4-. The molecule has 3 rings (SSSR count). The summed E-state index contributed by atoms with van der Waals surface area (Å²) in [5, 5.41) is 4.35. The van der Waals surface area contributed by atoms with Crippen LogP contribution in [-0.2, 0) is 27.2 Å². The smallest absolute Gasteiger partial charge is 0.0885 e. The van der Waals surface area contributed by atoms with Crippen molar-refractivity contribution in [3.8, 4) is 22.6 Å². The predicted molar refractivity (Wildman–Crippen MR) is 65.2 cm³/mol. The first kappa shape index (κ1) is 12.7. The number of aromatic nitrogens is 4. The summed E-state index contributed by atoms with van der Waals surface area (Å²) in [7, 11) is 1.89. The first-order valence-electron chi connectivity index (χ1n) is 5.38.